The molecular weight excluding hydrogens is 316 g/mol. The van der Waals surface area contributed by atoms with E-state index in [2.05, 4.69) is 10.6 Å². The number of methoxy groups -OCH3 is 1. The van der Waals surface area contributed by atoms with Gasteiger partial charge in [-0.2, -0.15) is 0 Å². The first-order valence-corrected chi connectivity index (χ1v) is 7.78. The van der Waals surface area contributed by atoms with Crippen molar-refractivity contribution in [2.75, 3.05) is 26.7 Å². The van der Waals surface area contributed by atoms with Crippen LogP contribution in [0.15, 0.2) is 28.9 Å². The normalized spacial score (nSPS) is 17.0. The molecule has 5 nitrogen and oxygen atoms in total. The van der Waals surface area contributed by atoms with Crippen molar-refractivity contribution in [3.05, 3.63) is 30.0 Å². The van der Waals surface area contributed by atoms with E-state index in [1.165, 1.54) is 6.42 Å². The van der Waals surface area contributed by atoms with Crippen LogP contribution in [0.2, 0.25) is 0 Å². The van der Waals surface area contributed by atoms with Gasteiger partial charge in [-0.3, -0.25) is 4.79 Å². The summed E-state index contributed by atoms with van der Waals surface area (Å²) in [6, 6.07) is 5.65. The lowest BCUT2D eigenvalue weighted by Crippen LogP contribution is -2.27. The molecule has 1 fully saturated rings. The van der Waals surface area contributed by atoms with Crippen molar-refractivity contribution in [2.45, 2.75) is 19.3 Å². The average molecular weight is 339 g/mol. The summed E-state index contributed by atoms with van der Waals surface area (Å²) in [4.78, 5) is 12.1. The number of hydrogen-bond donors (Lipinski definition) is 2. The molecule has 6 heteroatoms. The standard InChI is InChI=1S/C17H22N2O3.ClH/c1-21-14-2-3-15-13(11-22-16(15)9-14)8-17(20)19-7-5-12-4-6-18-10-12;/h2-3,9,11-12,18H,4-8,10H2,1H3,(H,19,20);1H. The fourth-order valence-corrected chi connectivity index (χ4v) is 2.94. The highest BCUT2D eigenvalue weighted by atomic mass is 35.5. The van der Waals surface area contributed by atoms with E-state index in [0.717, 1.165) is 48.3 Å². The van der Waals surface area contributed by atoms with Crippen LogP contribution in [0.25, 0.3) is 11.0 Å². The lowest BCUT2D eigenvalue weighted by Gasteiger charge is -2.09. The van der Waals surface area contributed by atoms with E-state index in [9.17, 15) is 4.79 Å². The minimum atomic E-state index is 0. The lowest BCUT2D eigenvalue weighted by atomic mass is 10.1. The number of carbonyl (C=O) groups excluding carboxylic acids is 1. The Hall–Kier alpha value is -1.72. The van der Waals surface area contributed by atoms with E-state index in [0.29, 0.717) is 12.3 Å². The SMILES string of the molecule is COc1ccc2c(CC(=O)NCCC3CCNC3)coc2c1.Cl. The van der Waals surface area contributed by atoms with Crippen LogP contribution in [0.1, 0.15) is 18.4 Å². The van der Waals surface area contributed by atoms with Gasteiger partial charge in [0, 0.05) is 23.6 Å². The Balaban J connectivity index is 0.00000192. The molecule has 1 atom stereocenters. The highest BCUT2D eigenvalue weighted by Crippen LogP contribution is 2.25. The van der Waals surface area contributed by atoms with Crippen molar-refractivity contribution in [1.82, 2.24) is 10.6 Å². The Kier molecular flexibility index (Phi) is 6.30. The van der Waals surface area contributed by atoms with Crippen LogP contribution in [0, 0.1) is 5.92 Å². The molecule has 3 rings (SSSR count). The molecule has 126 valence electrons. The van der Waals surface area contributed by atoms with Gasteiger partial charge >= 0.3 is 0 Å². The Morgan fingerprint density at radius 1 is 1.48 bits per heavy atom. The Morgan fingerprint density at radius 3 is 3.09 bits per heavy atom. The van der Waals surface area contributed by atoms with Gasteiger partial charge in [-0.15, -0.1) is 12.4 Å². The first kappa shape index (κ1) is 17.6. The summed E-state index contributed by atoms with van der Waals surface area (Å²) >= 11 is 0. The van der Waals surface area contributed by atoms with Gasteiger partial charge in [-0.1, -0.05) is 0 Å². The molecule has 0 radical (unpaired) electrons. The Labute approximate surface area is 142 Å². The maximum absolute atomic E-state index is 12.1. The number of ether oxygens (including phenoxy) is 1. The van der Waals surface area contributed by atoms with Crippen LogP contribution in [0.4, 0.5) is 0 Å². The molecule has 1 unspecified atom stereocenters. The van der Waals surface area contributed by atoms with Gasteiger partial charge in [0.15, 0.2) is 0 Å². The van der Waals surface area contributed by atoms with Gasteiger partial charge < -0.3 is 19.8 Å². The van der Waals surface area contributed by atoms with E-state index < -0.39 is 0 Å². The second kappa shape index (κ2) is 8.22. The summed E-state index contributed by atoms with van der Waals surface area (Å²) in [7, 11) is 1.62. The molecule has 0 spiro atoms. The lowest BCUT2D eigenvalue weighted by molar-refractivity contribution is -0.120. The molecule has 1 aliphatic rings. The summed E-state index contributed by atoms with van der Waals surface area (Å²) in [5.41, 5.74) is 1.66. The Morgan fingerprint density at radius 2 is 2.35 bits per heavy atom. The van der Waals surface area contributed by atoms with Crippen molar-refractivity contribution < 1.29 is 13.9 Å². The maximum atomic E-state index is 12.1. The summed E-state index contributed by atoms with van der Waals surface area (Å²) in [5, 5.41) is 7.31. The molecule has 0 aliphatic carbocycles. The zero-order chi connectivity index (χ0) is 15.4. The minimum Gasteiger partial charge on any atom is -0.497 e. The highest BCUT2D eigenvalue weighted by molar-refractivity contribution is 5.88. The second-order valence-corrected chi connectivity index (χ2v) is 5.80. The predicted molar refractivity (Wildman–Crippen MR) is 92.3 cm³/mol. The molecule has 1 saturated heterocycles. The topological polar surface area (TPSA) is 63.5 Å². The van der Waals surface area contributed by atoms with E-state index in [-0.39, 0.29) is 18.3 Å². The quantitative estimate of drug-likeness (QED) is 0.849. The molecule has 2 N–H and O–H groups in total. The van der Waals surface area contributed by atoms with Gasteiger partial charge in [0.2, 0.25) is 5.91 Å². The molecule has 23 heavy (non-hydrogen) atoms. The van der Waals surface area contributed by atoms with E-state index in [4.69, 9.17) is 9.15 Å². The monoisotopic (exact) mass is 338 g/mol. The molecule has 0 saturated carbocycles. The van der Waals surface area contributed by atoms with Gasteiger partial charge in [0.1, 0.15) is 11.3 Å². The number of amides is 1. The zero-order valence-corrected chi connectivity index (χ0v) is 14.1. The van der Waals surface area contributed by atoms with Gasteiger partial charge in [0.25, 0.3) is 0 Å². The molecule has 2 heterocycles. The van der Waals surface area contributed by atoms with Crippen LogP contribution in [-0.4, -0.2) is 32.7 Å². The average Bonchev–Trinajstić information content (AvgIpc) is 3.17. The van der Waals surface area contributed by atoms with Crippen LogP contribution < -0.4 is 15.4 Å². The summed E-state index contributed by atoms with van der Waals surface area (Å²) in [6.07, 6.45) is 4.26. The number of hydrogen-bond acceptors (Lipinski definition) is 4. The number of halogens is 1. The Bertz CT molecular complexity index is 650. The van der Waals surface area contributed by atoms with Crippen LogP contribution in [0.5, 0.6) is 5.75 Å². The van der Waals surface area contributed by atoms with Crippen LogP contribution in [-0.2, 0) is 11.2 Å². The number of rotatable bonds is 6. The van der Waals surface area contributed by atoms with Crippen molar-refractivity contribution in [3.63, 3.8) is 0 Å². The highest BCUT2D eigenvalue weighted by Gasteiger charge is 2.15. The third kappa shape index (κ3) is 4.39. The first-order valence-electron chi connectivity index (χ1n) is 7.78. The van der Waals surface area contributed by atoms with Gasteiger partial charge in [-0.25, -0.2) is 0 Å². The second-order valence-electron chi connectivity index (χ2n) is 5.80. The molecule has 1 amide bonds. The molecule has 1 aromatic heterocycles. The van der Waals surface area contributed by atoms with Crippen molar-refractivity contribution in [2.24, 2.45) is 5.92 Å². The molecule has 2 aromatic rings. The number of nitrogens with one attached hydrogen (secondary N) is 2. The van der Waals surface area contributed by atoms with Crippen LogP contribution >= 0.6 is 12.4 Å². The smallest absolute Gasteiger partial charge is 0.224 e. The largest absolute Gasteiger partial charge is 0.497 e. The van der Waals surface area contributed by atoms with Crippen molar-refractivity contribution in [3.8, 4) is 5.75 Å². The number of furan rings is 1. The number of carbonyl (C=O) groups is 1. The van der Waals surface area contributed by atoms with Crippen molar-refractivity contribution in [1.29, 1.82) is 0 Å². The maximum Gasteiger partial charge on any atom is 0.224 e. The third-order valence-electron chi connectivity index (χ3n) is 4.25. The summed E-state index contributed by atoms with van der Waals surface area (Å²) in [6.45, 7) is 2.92. The number of benzene rings is 1. The first-order chi connectivity index (χ1) is 10.8. The summed E-state index contributed by atoms with van der Waals surface area (Å²) in [5.74, 6) is 1.50. The summed E-state index contributed by atoms with van der Waals surface area (Å²) < 4.78 is 10.7. The van der Waals surface area contributed by atoms with E-state index in [1.807, 2.05) is 18.2 Å². The number of fused-ring (bicyclic) bond motifs is 1. The third-order valence-corrected chi connectivity index (χ3v) is 4.25. The molecule has 1 aromatic carbocycles. The minimum absolute atomic E-state index is 0. The van der Waals surface area contributed by atoms with Crippen molar-refractivity contribution >= 4 is 29.3 Å². The van der Waals surface area contributed by atoms with E-state index in [1.54, 1.807) is 13.4 Å². The molecule has 0 bridgehead atoms. The fourth-order valence-electron chi connectivity index (χ4n) is 2.94. The van der Waals surface area contributed by atoms with E-state index >= 15 is 0 Å². The van der Waals surface area contributed by atoms with Crippen LogP contribution in [0.3, 0.4) is 0 Å². The molecular formula is C17H23ClN2O3. The predicted octanol–water partition coefficient (Wildman–Crippen LogP) is 2.52. The van der Waals surface area contributed by atoms with Gasteiger partial charge in [0.05, 0.1) is 19.8 Å². The van der Waals surface area contributed by atoms with Gasteiger partial charge in [-0.05, 0) is 44.0 Å². The fraction of sp³-hybridized carbons (Fsp3) is 0.471. The zero-order valence-electron chi connectivity index (χ0n) is 13.3. The molecule has 1 aliphatic heterocycles.